The molecule has 2 aromatic heterocycles. The van der Waals surface area contributed by atoms with Crippen LogP contribution in [0, 0.1) is 17.6 Å². The van der Waals surface area contributed by atoms with E-state index in [1.54, 1.807) is 38.1 Å². The Labute approximate surface area is 167 Å². The van der Waals surface area contributed by atoms with E-state index in [1.807, 2.05) is 5.40 Å². The van der Waals surface area contributed by atoms with Crippen molar-refractivity contribution in [2.45, 2.75) is 18.7 Å². The topological polar surface area (TPSA) is 109 Å². The Morgan fingerprint density at radius 2 is 2.11 bits per heavy atom. The molecule has 0 radical (unpaired) electrons. The molecule has 0 spiro atoms. The van der Waals surface area contributed by atoms with E-state index in [2.05, 4.69) is 5.32 Å². The van der Waals surface area contributed by atoms with Crippen molar-refractivity contribution in [3.63, 3.8) is 0 Å². The maximum Gasteiger partial charge on any atom is 0.348 e. The fourth-order valence-corrected chi connectivity index (χ4v) is 4.34. The molecule has 0 aliphatic carbocycles. The van der Waals surface area contributed by atoms with Crippen LogP contribution >= 0.6 is 23.1 Å². The van der Waals surface area contributed by atoms with Crippen molar-refractivity contribution in [2.24, 2.45) is 0 Å². The number of benzene rings is 1. The third kappa shape index (κ3) is 3.65. The molecule has 0 saturated carbocycles. The van der Waals surface area contributed by atoms with Crippen LogP contribution in [0.5, 0.6) is 0 Å². The van der Waals surface area contributed by atoms with Gasteiger partial charge < -0.3 is 14.5 Å². The van der Waals surface area contributed by atoms with Gasteiger partial charge in [0.05, 0.1) is 16.9 Å². The standard InChI is InChI=1S/C19H14N2O5S2/c1-3-25-19(24)16-10(2)15(27-9-20)18(28-16)21-17(23)12-8-26-13-7-5-4-6-11(13)14(12)22/h4-8H,3H2,1-2H3,(H,21,23). The quantitative estimate of drug-likeness (QED) is 0.379. The van der Waals surface area contributed by atoms with E-state index in [0.29, 0.717) is 25.9 Å². The highest BCUT2D eigenvalue weighted by molar-refractivity contribution is 8.04. The summed E-state index contributed by atoms with van der Waals surface area (Å²) in [5, 5.41) is 14.2. The van der Waals surface area contributed by atoms with Crippen LogP contribution in [0.2, 0.25) is 0 Å². The largest absolute Gasteiger partial charge is 0.463 e. The molecule has 1 N–H and O–H groups in total. The molecule has 0 atom stereocenters. The van der Waals surface area contributed by atoms with Crippen molar-refractivity contribution in [3.05, 3.63) is 56.8 Å². The minimum absolute atomic E-state index is 0.171. The number of anilines is 1. The molecule has 0 bridgehead atoms. The molecule has 142 valence electrons. The van der Waals surface area contributed by atoms with Gasteiger partial charge in [-0.25, -0.2) is 4.79 Å². The van der Waals surface area contributed by atoms with Gasteiger partial charge in [0.2, 0.25) is 5.43 Å². The number of hydrogen-bond acceptors (Lipinski definition) is 8. The first-order valence-electron chi connectivity index (χ1n) is 8.16. The van der Waals surface area contributed by atoms with Crippen molar-refractivity contribution in [1.82, 2.24) is 0 Å². The Morgan fingerprint density at radius 3 is 2.82 bits per heavy atom. The number of esters is 1. The zero-order chi connectivity index (χ0) is 20.3. The zero-order valence-electron chi connectivity index (χ0n) is 14.9. The first kappa shape index (κ1) is 19.7. The number of amides is 1. The highest BCUT2D eigenvalue weighted by Gasteiger charge is 2.24. The number of para-hydroxylation sites is 1. The molecule has 1 amide bonds. The number of ether oxygens (including phenoxy) is 1. The minimum atomic E-state index is -0.684. The number of nitrogens with one attached hydrogen (secondary N) is 1. The number of thioether (sulfide) groups is 1. The van der Waals surface area contributed by atoms with Crippen molar-refractivity contribution >= 4 is 50.9 Å². The number of nitrogens with zero attached hydrogens (tertiary/aromatic N) is 1. The number of fused-ring (bicyclic) bond motifs is 1. The Hall–Kier alpha value is -3.09. The molecule has 0 aliphatic rings. The lowest BCUT2D eigenvalue weighted by Crippen LogP contribution is -2.21. The molecule has 0 saturated heterocycles. The van der Waals surface area contributed by atoms with Crippen molar-refractivity contribution in [3.8, 4) is 5.40 Å². The van der Waals surface area contributed by atoms with Crippen LogP contribution in [0.25, 0.3) is 11.0 Å². The third-order valence-corrected chi connectivity index (χ3v) is 5.97. The second-order valence-electron chi connectivity index (χ2n) is 5.56. The fraction of sp³-hybridized carbons (Fsp3) is 0.158. The fourth-order valence-electron chi connectivity index (χ4n) is 2.55. The van der Waals surface area contributed by atoms with Crippen LogP contribution in [0.1, 0.15) is 32.5 Å². The Bertz CT molecular complexity index is 1170. The predicted molar refractivity (Wildman–Crippen MR) is 107 cm³/mol. The molecule has 0 unspecified atom stereocenters. The van der Waals surface area contributed by atoms with Gasteiger partial charge in [-0.2, -0.15) is 5.26 Å². The highest BCUT2D eigenvalue weighted by Crippen LogP contribution is 2.40. The monoisotopic (exact) mass is 414 g/mol. The van der Waals surface area contributed by atoms with E-state index >= 15 is 0 Å². The van der Waals surface area contributed by atoms with Gasteiger partial charge in [-0.1, -0.05) is 12.1 Å². The van der Waals surface area contributed by atoms with Gasteiger partial charge >= 0.3 is 5.97 Å². The summed E-state index contributed by atoms with van der Waals surface area (Å²) in [6.07, 6.45) is 1.10. The molecule has 9 heteroatoms. The predicted octanol–water partition coefficient (Wildman–Crippen LogP) is 4.17. The molecule has 2 heterocycles. The van der Waals surface area contributed by atoms with Gasteiger partial charge in [0.1, 0.15) is 32.7 Å². The second kappa shape index (κ2) is 8.29. The van der Waals surface area contributed by atoms with Crippen LogP contribution in [0.3, 0.4) is 0 Å². The van der Waals surface area contributed by atoms with E-state index in [9.17, 15) is 14.4 Å². The normalized spacial score (nSPS) is 10.5. The van der Waals surface area contributed by atoms with Gasteiger partial charge in [-0.15, -0.1) is 11.3 Å². The van der Waals surface area contributed by atoms with E-state index < -0.39 is 17.3 Å². The summed E-state index contributed by atoms with van der Waals surface area (Å²) in [4.78, 5) is 38.1. The zero-order valence-corrected chi connectivity index (χ0v) is 16.5. The summed E-state index contributed by atoms with van der Waals surface area (Å²) in [5.74, 6) is -1.22. The Kier molecular flexibility index (Phi) is 5.82. The summed E-state index contributed by atoms with van der Waals surface area (Å²) < 4.78 is 10.4. The van der Waals surface area contributed by atoms with Crippen LogP contribution in [0.15, 0.2) is 44.6 Å². The summed E-state index contributed by atoms with van der Waals surface area (Å²) in [6, 6.07) is 6.61. The molecule has 1 aromatic carbocycles. The van der Waals surface area contributed by atoms with Gasteiger partial charge in [-0.05, 0) is 43.3 Å². The number of nitriles is 1. The van der Waals surface area contributed by atoms with Crippen LogP contribution in [0.4, 0.5) is 5.00 Å². The van der Waals surface area contributed by atoms with Crippen LogP contribution in [-0.4, -0.2) is 18.5 Å². The van der Waals surface area contributed by atoms with Crippen molar-refractivity contribution in [2.75, 3.05) is 11.9 Å². The number of hydrogen-bond donors (Lipinski definition) is 1. The maximum absolute atomic E-state index is 12.7. The number of rotatable bonds is 5. The second-order valence-corrected chi connectivity index (χ2v) is 7.37. The number of thiophene rings is 1. The summed E-state index contributed by atoms with van der Waals surface area (Å²) in [5.41, 5.74) is 0.278. The summed E-state index contributed by atoms with van der Waals surface area (Å²) >= 11 is 1.82. The van der Waals surface area contributed by atoms with Gasteiger partial charge in [0.15, 0.2) is 0 Å². The molecule has 28 heavy (non-hydrogen) atoms. The Balaban J connectivity index is 1.99. The first-order valence-corrected chi connectivity index (χ1v) is 9.79. The number of carbonyl (C=O) groups excluding carboxylic acids is 2. The molecule has 3 aromatic rings. The number of carbonyl (C=O) groups is 2. The molecular weight excluding hydrogens is 400 g/mol. The van der Waals surface area contributed by atoms with Crippen LogP contribution < -0.4 is 10.7 Å². The molecule has 0 aliphatic heterocycles. The van der Waals surface area contributed by atoms with Gasteiger partial charge in [0.25, 0.3) is 5.91 Å². The lowest BCUT2D eigenvalue weighted by Gasteiger charge is -2.05. The molecule has 7 nitrogen and oxygen atoms in total. The lowest BCUT2D eigenvalue weighted by molar-refractivity contribution is 0.0531. The molecule has 3 rings (SSSR count). The summed E-state index contributed by atoms with van der Waals surface area (Å²) in [6.45, 7) is 3.56. The average Bonchev–Trinajstić information content (AvgIpc) is 2.98. The minimum Gasteiger partial charge on any atom is -0.463 e. The first-order chi connectivity index (χ1) is 13.5. The van der Waals surface area contributed by atoms with E-state index in [-0.39, 0.29) is 17.6 Å². The smallest absolute Gasteiger partial charge is 0.348 e. The molecule has 0 fully saturated rings. The van der Waals surface area contributed by atoms with E-state index in [0.717, 1.165) is 29.4 Å². The maximum atomic E-state index is 12.7. The highest BCUT2D eigenvalue weighted by atomic mass is 32.2. The van der Waals surface area contributed by atoms with Crippen molar-refractivity contribution in [1.29, 1.82) is 5.26 Å². The van der Waals surface area contributed by atoms with Crippen LogP contribution in [-0.2, 0) is 4.74 Å². The van der Waals surface area contributed by atoms with E-state index in [4.69, 9.17) is 14.4 Å². The average molecular weight is 414 g/mol. The number of thiocyanates is 1. The SMILES string of the molecule is CCOC(=O)c1sc(NC(=O)c2coc3ccccc3c2=O)c(SC#N)c1C. The molecular formula is C19H14N2O5S2. The Morgan fingerprint density at radius 1 is 1.36 bits per heavy atom. The van der Waals surface area contributed by atoms with E-state index in [1.165, 1.54) is 0 Å². The van der Waals surface area contributed by atoms with Gasteiger partial charge in [0, 0.05) is 0 Å². The van der Waals surface area contributed by atoms with Crippen molar-refractivity contribution < 1.29 is 18.7 Å². The summed E-state index contributed by atoms with van der Waals surface area (Å²) in [7, 11) is 0. The lowest BCUT2D eigenvalue weighted by atomic mass is 10.1. The third-order valence-electron chi connectivity index (χ3n) is 3.85. The van der Waals surface area contributed by atoms with Gasteiger partial charge in [-0.3, -0.25) is 9.59 Å².